The van der Waals surface area contributed by atoms with Gasteiger partial charge in [0.1, 0.15) is 15.6 Å². The fourth-order valence-corrected chi connectivity index (χ4v) is 2.29. The number of sulfone groups is 1. The second kappa shape index (κ2) is 4.33. The molecule has 1 unspecified atom stereocenters. The zero-order valence-electron chi connectivity index (χ0n) is 7.60. The summed E-state index contributed by atoms with van der Waals surface area (Å²) in [7, 11) is -3.14. The van der Waals surface area contributed by atoms with Crippen LogP contribution in [0.15, 0.2) is 16.5 Å². The lowest BCUT2D eigenvalue weighted by molar-refractivity contribution is 0.258. The molecule has 1 heterocycles. The van der Waals surface area contributed by atoms with E-state index < -0.39 is 15.8 Å². The Labute approximate surface area is 87.4 Å². The van der Waals surface area contributed by atoms with Gasteiger partial charge in [0.2, 0.25) is 0 Å². The van der Waals surface area contributed by atoms with Crippen molar-refractivity contribution >= 4 is 21.4 Å². The van der Waals surface area contributed by atoms with Crippen LogP contribution >= 0.6 is 11.6 Å². The Morgan fingerprint density at radius 1 is 1.57 bits per heavy atom. The van der Waals surface area contributed by atoms with Gasteiger partial charge in [0.05, 0.1) is 18.3 Å². The zero-order chi connectivity index (χ0) is 10.8. The molecule has 0 spiro atoms. The van der Waals surface area contributed by atoms with Crippen molar-refractivity contribution in [3.63, 3.8) is 0 Å². The van der Waals surface area contributed by atoms with Crippen molar-refractivity contribution in [3.05, 3.63) is 23.1 Å². The summed E-state index contributed by atoms with van der Waals surface area (Å²) in [6, 6.07) is 3.08. The van der Waals surface area contributed by atoms with E-state index in [1.807, 2.05) is 0 Å². The molecule has 0 fully saturated rings. The molecule has 4 nitrogen and oxygen atoms in total. The normalized spacial score (nSPS) is 14.2. The van der Waals surface area contributed by atoms with Crippen LogP contribution in [0.25, 0.3) is 0 Å². The first-order chi connectivity index (χ1) is 6.42. The van der Waals surface area contributed by atoms with Crippen molar-refractivity contribution < 1.29 is 17.9 Å². The number of aliphatic hydroxyl groups excluding tert-OH is 1. The summed E-state index contributed by atoms with van der Waals surface area (Å²) < 4.78 is 27.0. The van der Waals surface area contributed by atoms with Gasteiger partial charge in [0.15, 0.2) is 5.22 Å². The predicted octanol–water partition coefficient (Wildman–Crippen LogP) is 1.05. The van der Waals surface area contributed by atoms with Gasteiger partial charge in [-0.1, -0.05) is 0 Å². The van der Waals surface area contributed by atoms with Gasteiger partial charge in [-0.25, -0.2) is 8.42 Å². The van der Waals surface area contributed by atoms with Crippen LogP contribution in [0.5, 0.6) is 0 Å². The minimum atomic E-state index is -3.14. The van der Waals surface area contributed by atoms with Gasteiger partial charge in [0, 0.05) is 6.26 Å². The number of furan rings is 1. The molecule has 80 valence electrons. The fraction of sp³-hybridized carbons (Fsp3) is 0.500. The zero-order valence-corrected chi connectivity index (χ0v) is 9.18. The van der Waals surface area contributed by atoms with E-state index in [2.05, 4.69) is 0 Å². The van der Waals surface area contributed by atoms with Crippen LogP contribution in [0, 0.1) is 0 Å². The molecule has 0 radical (unpaired) electrons. The maximum absolute atomic E-state index is 11.0. The Morgan fingerprint density at radius 2 is 2.21 bits per heavy atom. The minimum absolute atomic E-state index is 0.145. The third-order valence-electron chi connectivity index (χ3n) is 1.72. The Morgan fingerprint density at radius 3 is 2.57 bits per heavy atom. The van der Waals surface area contributed by atoms with Gasteiger partial charge >= 0.3 is 0 Å². The van der Waals surface area contributed by atoms with Crippen LogP contribution in [0.2, 0.25) is 5.22 Å². The number of halogens is 1. The molecule has 1 rings (SSSR count). The molecular weight excluding hydrogens is 228 g/mol. The maximum atomic E-state index is 11.0. The quantitative estimate of drug-likeness (QED) is 0.852. The van der Waals surface area contributed by atoms with E-state index in [1.54, 1.807) is 6.07 Å². The van der Waals surface area contributed by atoms with Crippen LogP contribution in [-0.4, -0.2) is 32.1 Å². The van der Waals surface area contributed by atoms with Crippen LogP contribution in [0.1, 0.15) is 11.7 Å². The van der Waals surface area contributed by atoms with Crippen molar-refractivity contribution in [2.24, 2.45) is 0 Å². The first kappa shape index (κ1) is 11.6. The molecular formula is C8H11ClO4S. The lowest BCUT2D eigenvalue weighted by Crippen LogP contribution is -2.15. The Hall–Kier alpha value is -0.520. The van der Waals surface area contributed by atoms with Crippen molar-refractivity contribution in [1.82, 2.24) is 0 Å². The molecule has 0 saturated heterocycles. The summed E-state index contributed by atoms with van der Waals surface area (Å²) in [5.41, 5.74) is 0. The summed E-state index contributed by atoms with van der Waals surface area (Å²) in [5, 5.41) is 9.17. The third kappa shape index (κ3) is 3.32. The topological polar surface area (TPSA) is 67.5 Å². The van der Waals surface area contributed by atoms with Gasteiger partial charge in [-0.05, 0) is 23.7 Å². The summed E-state index contributed by atoms with van der Waals surface area (Å²) in [6.45, 7) is -0.281. The van der Waals surface area contributed by atoms with Gasteiger partial charge in [-0.2, -0.15) is 0 Å². The van der Waals surface area contributed by atoms with Crippen molar-refractivity contribution in [2.75, 3.05) is 18.6 Å². The number of hydrogen-bond donors (Lipinski definition) is 1. The molecule has 0 aliphatic rings. The van der Waals surface area contributed by atoms with Crippen molar-refractivity contribution in [2.45, 2.75) is 5.92 Å². The largest absolute Gasteiger partial charge is 0.449 e. The highest BCUT2D eigenvalue weighted by Gasteiger charge is 2.19. The lowest BCUT2D eigenvalue weighted by Gasteiger charge is -2.09. The van der Waals surface area contributed by atoms with Crippen LogP contribution in [0.3, 0.4) is 0 Å². The first-order valence-corrected chi connectivity index (χ1v) is 6.40. The highest BCUT2D eigenvalue weighted by atomic mass is 35.5. The summed E-state index contributed by atoms with van der Waals surface area (Å²) in [6.07, 6.45) is 1.11. The molecule has 0 bridgehead atoms. The van der Waals surface area contributed by atoms with Crippen LogP contribution in [0.4, 0.5) is 0 Å². The molecule has 14 heavy (non-hydrogen) atoms. The summed E-state index contributed by atoms with van der Waals surface area (Å²) >= 11 is 5.53. The van der Waals surface area contributed by atoms with Gasteiger partial charge in [-0.15, -0.1) is 0 Å². The smallest absolute Gasteiger partial charge is 0.193 e. The number of hydrogen-bond acceptors (Lipinski definition) is 4. The highest BCUT2D eigenvalue weighted by molar-refractivity contribution is 7.90. The minimum Gasteiger partial charge on any atom is -0.449 e. The molecule has 1 aromatic heterocycles. The number of aliphatic hydroxyl groups is 1. The Bertz CT molecular complexity index is 395. The molecule has 0 aromatic carbocycles. The Balaban J connectivity index is 2.83. The molecule has 0 amide bonds. The van der Waals surface area contributed by atoms with Crippen molar-refractivity contribution in [3.8, 4) is 0 Å². The summed E-state index contributed by atoms with van der Waals surface area (Å²) in [5.74, 6) is -0.298. The standard InChI is InChI=1S/C8H11ClO4S/c1-14(11,12)5-6(4-10)7-2-3-8(9)13-7/h2-3,6,10H,4-5H2,1H3. The third-order valence-corrected chi connectivity index (χ3v) is 2.93. The molecule has 0 aliphatic heterocycles. The van der Waals surface area contributed by atoms with Crippen LogP contribution < -0.4 is 0 Å². The monoisotopic (exact) mass is 238 g/mol. The molecule has 1 N–H and O–H groups in total. The van der Waals surface area contributed by atoms with E-state index in [4.69, 9.17) is 21.1 Å². The summed E-state index contributed by atoms with van der Waals surface area (Å²) in [4.78, 5) is 0. The van der Waals surface area contributed by atoms with E-state index in [0.717, 1.165) is 6.26 Å². The molecule has 6 heteroatoms. The first-order valence-electron chi connectivity index (χ1n) is 3.96. The maximum Gasteiger partial charge on any atom is 0.193 e. The highest BCUT2D eigenvalue weighted by Crippen LogP contribution is 2.22. The number of rotatable bonds is 4. The van der Waals surface area contributed by atoms with Crippen LogP contribution in [-0.2, 0) is 9.84 Å². The van der Waals surface area contributed by atoms with E-state index >= 15 is 0 Å². The van der Waals surface area contributed by atoms with Gasteiger partial charge in [0.25, 0.3) is 0 Å². The fourth-order valence-electron chi connectivity index (χ4n) is 1.14. The molecule has 0 saturated carbocycles. The van der Waals surface area contributed by atoms with Gasteiger partial charge < -0.3 is 9.52 Å². The molecule has 1 atom stereocenters. The van der Waals surface area contributed by atoms with Gasteiger partial charge in [-0.3, -0.25) is 0 Å². The van der Waals surface area contributed by atoms with Crippen molar-refractivity contribution in [1.29, 1.82) is 0 Å². The average Bonchev–Trinajstić information content (AvgIpc) is 2.46. The molecule has 0 aliphatic carbocycles. The second-order valence-corrected chi connectivity index (χ2v) is 5.67. The SMILES string of the molecule is CS(=O)(=O)CC(CO)c1ccc(Cl)o1. The predicted molar refractivity (Wildman–Crippen MR) is 53.3 cm³/mol. The Kier molecular flexibility index (Phi) is 3.58. The van der Waals surface area contributed by atoms with E-state index in [9.17, 15) is 8.42 Å². The van der Waals surface area contributed by atoms with E-state index in [-0.39, 0.29) is 17.6 Å². The van der Waals surface area contributed by atoms with E-state index in [0.29, 0.717) is 5.76 Å². The molecule has 1 aromatic rings. The second-order valence-electron chi connectivity index (χ2n) is 3.11. The average molecular weight is 239 g/mol. The van der Waals surface area contributed by atoms with E-state index in [1.165, 1.54) is 6.07 Å². The lowest BCUT2D eigenvalue weighted by atomic mass is 10.1.